The fourth-order valence-corrected chi connectivity index (χ4v) is 1.83. The lowest BCUT2D eigenvalue weighted by Crippen LogP contribution is -2.24. The van der Waals surface area contributed by atoms with E-state index >= 15 is 0 Å². The molecule has 0 spiro atoms. The van der Waals surface area contributed by atoms with Gasteiger partial charge in [0.25, 0.3) is 0 Å². The van der Waals surface area contributed by atoms with Crippen LogP contribution in [0.2, 0.25) is 0 Å². The average Bonchev–Trinajstić information content (AvgIpc) is 2.28. The monoisotopic (exact) mass is 239 g/mol. The zero-order chi connectivity index (χ0) is 12.8. The third kappa shape index (κ3) is 4.32. The molecule has 4 heteroatoms. The molecule has 2 N–H and O–H groups in total. The van der Waals surface area contributed by atoms with E-state index in [-0.39, 0.29) is 5.82 Å². The van der Waals surface area contributed by atoms with E-state index < -0.39 is 0 Å². The molecule has 0 aromatic heterocycles. The molecule has 0 atom stereocenters. The number of nitrogens with zero attached hydrogens (tertiary/aromatic N) is 2. The van der Waals surface area contributed by atoms with Gasteiger partial charge in [-0.3, -0.25) is 0 Å². The van der Waals surface area contributed by atoms with E-state index in [1.54, 1.807) is 6.07 Å². The van der Waals surface area contributed by atoms with Crippen LogP contribution in [-0.2, 0) is 6.54 Å². The van der Waals surface area contributed by atoms with Crippen LogP contribution >= 0.6 is 0 Å². The van der Waals surface area contributed by atoms with Crippen LogP contribution in [0.15, 0.2) is 18.2 Å². The lowest BCUT2D eigenvalue weighted by molar-refractivity contribution is 0.401. The molecule has 0 aliphatic heterocycles. The van der Waals surface area contributed by atoms with Crippen molar-refractivity contribution in [1.82, 2.24) is 4.90 Å². The fourth-order valence-electron chi connectivity index (χ4n) is 1.83. The van der Waals surface area contributed by atoms with Crippen LogP contribution in [0.25, 0.3) is 0 Å². The summed E-state index contributed by atoms with van der Waals surface area (Å²) in [5, 5.41) is 0. The van der Waals surface area contributed by atoms with Crippen LogP contribution < -0.4 is 10.6 Å². The van der Waals surface area contributed by atoms with Gasteiger partial charge in [0.15, 0.2) is 0 Å². The standard InChI is InChI=1S/C13H22FN3/c1-16(2)7-4-8-17(3)13-6-5-12(14)9-11(13)10-15/h5-6,9H,4,7-8,10,15H2,1-3H3. The van der Waals surface area contributed by atoms with E-state index in [1.807, 2.05) is 7.05 Å². The molecule has 1 aromatic carbocycles. The molecule has 0 bridgehead atoms. The number of rotatable bonds is 6. The Hall–Kier alpha value is -1.13. The van der Waals surface area contributed by atoms with Crippen LogP contribution in [0.1, 0.15) is 12.0 Å². The highest BCUT2D eigenvalue weighted by Gasteiger charge is 2.07. The van der Waals surface area contributed by atoms with E-state index in [4.69, 9.17) is 5.73 Å². The van der Waals surface area contributed by atoms with Crippen LogP contribution in [0.4, 0.5) is 10.1 Å². The number of halogens is 1. The van der Waals surface area contributed by atoms with Gasteiger partial charge >= 0.3 is 0 Å². The second kappa shape index (κ2) is 6.57. The molecule has 0 amide bonds. The summed E-state index contributed by atoms with van der Waals surface area (Å²) in [6.07, 6.45) is 1.07. The van der Waals surface area contributed by atoms with E-state index in [0.29, 0.717) is 6.54 Å². The second-order valence-corrected chi connectivity index (χ2v) is 4.56. The molecule has 0 heterocycles. The summed E-state index contributed by atoms with van der Waals surface area (Å²) in [5.74, 6) is -0.226. The molecule has 1 aromatic rings. The molecule has 96 valence electrons. The molecule has 0 fully saturated rings. The fraction of sp³-hybridized carbons (Fsp3) is 0.538. The molecular weight excluding hydrogens is 217 g/mol. The van der Waals surface area contributed by atoms with E-state index in [0.717, 1.165) is 30.8 Å². The molecule has 0 saturated carbocycles. The highest BCUT2D eigenvalue weighted by atomic mass is 19.1. The number of hydrogen-bond donors (Lipinski definition) is 1. The number of nitrogens with two attached hydrogens (primary N) is 1. The minimum Gasteiger partial charge on any atom is -0.374 e. The lowest BCUT2D eigenvalue weighted by atomic mass is 10.1. The zero-order valence-electron chi connectivity index (χ0n) is 10.9. The predicted octanol–water partition coefficient (Wildman–Crippen LogP) is 1.67. The Morgan fingerprint density at radius 2 is 1.88 bits per heavy atom. The third-order valence-corrected chi connectivity index (χ3v) is 2.77. The first-order chi connectivity index (χ1) is 8.04. The molecule has 0 unspecified atom stereocenters. The molecule has 1 rings (SSSR count). The van der Waals surface area contributed by atoms with E-state index in [9.17, 15) is 4.39 Å². The maximum absolute atomic E-state index is 13.1. The Balaban J connectivity index is 2.64. The topological polar surface area (TPSA) is 32.5 Å². The highest BCUT2D eigenvalue weighted by molar-refractivity contribution is 5.53. The predicted molar refractivity (Wildman–Crippen MR) is 70.7 cm³/mol. The first kappa shape index (κ1) is 13.9. The van der Waals surface area contributed by atoms with Gasteiger partial charge in [-0.05, 0) is 50.8 Å². The molecule has 0 aliphatic carbocycles. The first-order valence-electron chi connectivity index (χ1n) is 5.89. The van der Waals surface area contributed by atoms with Gasteiger partial charge in [-0.2, -0.15) is 0 Å². The van der Waals surface area contributed by atoms with Gasteiger partial charge in [-0.25, -0.2) is 4.39 Å². The Kier molecular flexibility index (Phi) is 5.38. The molecule has 17 heavy (non-hydrogen) atoms. The van der Waals surface area contributed by atoms with Gasteiger partial charge in [0.05, 0.1) is 0 Å². The molecule has 3 nitrogen and oxygen atoms in total. The Labute approximate surface area is 103 Å². The Morgan fingerprint density at radius 1 is 1.18 bits per heavy atom. The van der Waals surface area contributed by atoms with Gasteiger partial charge < -0.3 is 15.5 Å². The van der Waals surface area contributed by atoms with Gasteiger partial charge in [-0.1, -0.05) is 0 Å². The zero-order valence-corrected chi connectivity index (χ0v) is 10.9. The normalized spacial score (nSPS) is 10.9. The van der Waals surface area contributed by atoms with Crippen molar-refractivity contribution in [2.24, 2.45) is 5.73 Å². The number of hydrogen-bond acceptors (Lipinski definition) is 3. The van der Waals surface area contributed by atoms with Crippen LogP contribution in [-0.4, -0.2) is 39.1 Å². The van der Waals surface area contributed by atoms with Crippen molar-refractivity contribution >= 4 is 5.69 Å². The molecular formula is C13H22FN3. The van der Waals surface area contributed by atoms with Crippen LogP contribution in [0.5, 0.6) is 0 Å². The summed E-state index contributed by atoms with van der Waals surface area (Å²) in [4.78, 5) is 4.29. The van der Waals surface area contributed by atoms with Gasteiger partial charge in [0.1, 0.15) is 5.82 Å². The van der Waals surface area contributed by atoms with Crippen molar-refractivity contribution in [3.63, 3.8) is 0 Å². The highest BCUT2D eigenvalue weighted by Crippen LogP contribution is 2.20. The quantitative estimate of drug-likeness (QED) is 0.819. The van der Waals surface area contributed by atoms with Crippen LogP contribution in [0, 0.1) is 5.82 Å². The minimum atomic E-state index is -0.226. The maximum Gasteiger partial charge on any atom is 0.123 e. The van der Waals surface area contributed by atoms with Crippen molar-refractivity contribution in [3.05, 3.63) is 29.6 Å². The second-order valence-electron chi connectivity index (χ2n) is 4.56. The summed E-state index contributed by atoms with van der Waals surface area (Å²) in [6, 6.07) is 4.79. The molecule has 0 aliphatic rings. The largest absolute Gasteiger partial charge is 0.374 e. The van der Waals surface area contributed by atoms with Crippen molar-refractivity contribution in [2.75, 3.05) is 39.1 Å². The maximum atomic E-state index is 13.1. The Bertz CT molecular complexity index is 353. The SMILES string of the molecule is CN(C)CCCN(C)c1ccc(F)cc1CN. The van der Waals surface area contributed by atoms with Gasteiger partial charge in [0.2, 0.25) is 0 Å². The summed E-state index contributed by atoms with van der Waals surface area (Å²) >= 11 is 0. The number of anilines is 1. The Morgan fingerprint density at radius 3 is 2.47 bits per heavy atom. The van der Waals surface area contributed by atoms with Gasteiger partial charge in [-0.15, -0.1) is 0 Å². The van der Waals surface area contributed by atoms with Gasteiger partial charge in [0, 0.05) is 25.8 Å². The van der Waals surface area contributed by atoms with E-state index in [2.05, 4.69) is 23.9 Å². The number of benzene rings is 1. The average molecular weight is 239 g/mol. The first-order valence-corrected chi connectivity index (χ1v) is 5.89. The summed E-state index contributed by atoms with van der Waals surface area (Å²) in [5.41, 5.74) is 7.51. The van der Waals surface area contributed by atoms with Crippen LogP contribution in [0.3, 0.4) is 0 Å². The van der Waals surface area contributed by atoms with Crippen molar-refractivity contribution in [3.8, 4) is 0 Å². The van der Waals surface area contributed by atoms with Crippen molar-refractivity contribution in [2.45, 2.75) is 13.0 Å². The summed E-state index contributed by atoms with van der Waals surface area (Å²) in [6.45, 7) is 2.35. The smallest absolute Gasteiger partial charge is 0.123 e. The summed E-state index contributed by atoms with van der Waals surface area (Å²) < 4.78 is 13.1. The summed E-state index contributed by atoms with van der Waals surface area (Å²) in [7, 11) is 6.13. The van der Waals surface area contributed by atoms with Crippen molar-refractivity contribution < 1.29 is 4.39 Å². The molecule has 0 saturated heterocycles. The molecule has 0 radical (unpaired) electrons. The third-order valence-electron chi connectivity index (χ3n) is 2.77. The lowest BCUT2D eigenvalue weighted by Gasteiger charge is -2.23. The minimum absolute atomic E-state index is 0.226. The van der Waals surface area contributed by atoms with E-state index in [1.165, 1.54) is 12.1 Å². The van der Waals surface area contributed by atoms with Crippen molar-refractivity contribution in [1.29, 1.82) is 0 Å².